The Morgan fingerprint density at radius 1 is 1.19 bits per heavy atom. The summed E-state index contributed by atoms with van der Waals surface area (Å²) in [4.78, 5) is 29.5. The first-order valence-electron chi connectivity index (χ1n) is 7.08. The van der Waals surface area contributed by atoms with Gasteiger partial charge in [-0.15, -0.1) is 0 Å². The van der Waals surface area contributed by atoms with Crippen molar-refractivity contribution >= 4 is 29.2 Å². The van der Waals surface area contributed by atoms with Crippen LogP contribution in [0.4, 0.5) is 5.82 Å². The molecule has 0 spiro atoms. The summed E-state index contributed by atoms with van der Waals surface area (Å²) in [6, 6.07) is 3.14. The number of carbonyl (C=O) groups is 2. The lowest BCUT2D eigenvalue weighted by Gasteiger charge is -2.26. The molecule has 2 heterocycles. The molecule has 0 bridgehead atoms. The van der Waals surface area contributed by atoms with Crippen molar-refractivity contribution in [3.05, 3.63) is 23.4 Å². The molecular weight excluding hydrogens is 292 g/mol. The van der Waals surface area contributed by atoms with Crippen LogP contribution in [0.25, 0.3) is 0 Å². The van der Waals surface area contributed by atoms with Crippen LogP contribution in [0.3, 0.4) is 0 Å². The van der Waals surface area contributed by atoms with Gasteiger partial charge in [-0.1, -0.05) is 18.0 Å². The second-order valence-corrected chi connectivity index (χ2v) is 5.41. The summed E-state index contributed by atoms with van der Waals surface area (Å²) >= 11 is 5.69. The summed E-state index contributed by atoms with van der Waals surface area (Å²) in [5.74, 6) is -1.07. The molecule has 1 saturated heterocycles. The Bertz CT molecular complexity index is 486. The maximum Gasteiger partial charge on any atom is 0.314 e. The topological polar surface area (TPSA) is 74.3 Å². The van der Waals surface area contributed by atoms with Gasteiger partial charge in [0.05, 0.1) is 5.02 Å². The van der Waals surface area contributed by atoms with Crippen molar-refractivity contribution in [3.63, 3.8) is 0 Å². The van der Waals surface area contributed by atoms with Crippen LogP contribution in [0.1, 0.15) is 19.3 Å². The molecule has 1 aromatic rings. The summed E-state index contributed by atoms with van der Waals surface area (Å²) in [6.07, 6.45) is 5.10. The number of aromatic nitrogens is 1. The number of amides is 2. The zero-order valence-corrected chi connectivity index (χ0v) is 12.5. The molecule has 21 heavy (non-hydrogen) atoms. The largest absolute Gasteiger partial charge is 0.347 e. The van der Waals surface area contributed by atoms with Gasteiger partial charge in [0.1, 0.15) is 5.82 Å². The van der Waals surface area contributed by atoms with Gasteiger partial charge in [0.2, 0.25) is 0 Å². The number of carbonyl (C=O) groups excluding carboxylic acids is 2. The van der Waals surface area contributed by atoms with Crippen LogP contribution in [-0.2, 0) is 9.59 Å². The first kappa shape index (κ1) is 15.7. The van der Waals surface area contributed by atoms with Gasteiger partial charge >= 0.3 is 11.8 Å². The third-order valence-electron chi connectivity index (χ3n) is 3.34. The monoisotopic (exact) mass is 310 g/mol. The van der Waals surface area contributed by atoms with Gasteiger partial charge in [-0.2, -0.15) is 0 Å². The van der Waals surface area contributed by atoms with E-state index in [0.717, 1.165) is 19.6 Å². The molecule has 1 aliphatic heterocycles. The maximum atomic E-state index is 11.7. The number of nitrogens with zero attached hydrogens (tertiary/aromatic N) is 2. The van der Waals surface area contributed by atoms with E-state index in [1.807, 2.05) is 0 Å². The lowest BCUT2D eigenvalue weighted by Crippen LogP contribution is -2.41. The summed E-state index contributed by atoms with van der Waals surface area (Å²) in [5.41, 5.74) is 0. The van der Waals surface area contributed by atoms with Crippen LogP contribution in [-0.4, -0.2) is 47.9 Å². The van der Waals surface area contributed by atoms with Crippen molar-refractivity contribution in [2.45, 2.75) is 19.3 Å². The highest BCUT2D eigenvalue weighted by atomic mass is 35.5. The van der Waals surface area contributed by atoms with Crippen molar-refractivity contribution in [3.8, 4) is 0 Å². The highest BCUT2D eigenvalue weighted by molar-refractivity contribution is 6.39. The molecule has 1 aromatic heterocycles. The lowest BCUT2D eigenvalue weighted by atomic mass is 10.1. The van der Waals surface area contributed by atoms with Crippen LogP contribution in [0, 0.1) is 0 Å². The average molecular weight is 311 g/mol. The predicted molar refractivity (Wildman–Crippen MR) is 81.2 cm³/mol. The number of halogens is 1. The van der Waals surface area contributed by atoms with Crippen molar-refractivity contribution in [1.82, 2.24) is 15.2 Å². The van der Waals surface area contributed by atoms with Gasteiger partial charge in [0, 0.05) is 19.3 Å². The van der Waals surface area contributed by atoms with Gasteiger partial charge in [-0.05, 0) is 38.1 Å². The van der Waals surface area contributed by atoms with Gasteiger partial charge in [0.15, 0.2) is 0 Å². The Hall–Kier alpha value is -1.66. The number of piperidine rings is 1. The molecule has 0 aromatic carbocycles. The molecule has 7 heteroatoms. The smallest absolute Gasteiger partial charge is 0.314 e. The number of nitrogens with one attached hydrogen (secondary N) is 2. The summed E-state index contributed by atoms with van der Waals surface area (Å²) in [5, 5.41) is 5.51. The molecule has 114 valence electrons. The number of pyridine rings is 1. The normalized spacial score (nSPS) is 15.5. The van der Waals surface area contributed by atoms with Crippen molar-refractivity contribution < 1.29 is 9.59 Å². The summed E-state index contributed by atoms with van der Waals surface area (Å²) < 4.78 is 0. The average Bonchev–Trinajstić information content (AvgIpc) is 2.50. The molecule has 2 rings (SSSR count). The fraction of sp³-hybridized carbons (Fsp3) is 0.500. The standard InChI is InChI=1S/C14H19ClN4O2/c15-11-4-5-12(17-10-11)18-14(21)13(20)16-6-9-19-7-2-1-3-8-19/h4-5,10H,1-3,6-9H2,(H,16,20)(H,17,18,21). The van der Waals surface area contributed by atoms with Gasteiger partial charge in [-0.3, -0.25) is 9.59 Å². The summed E-state index contributed by atoms with van der Waals surface area (Å²) in [6.45, 7) is 3.38. The Labute approximate surface area is 128 Å². The van der Waals surface area contributed by atoms with Crippen LogP contribution in [0.15, 0.2) is 18.3 Å². The second-order valence-electron chi connectivity index (χ2n) is 4.97. The molecule has 1 aliphatic rings. The van der Waals surface area contributed by atoms with Crippen molar-refractivity contribution in [2.24, 2.45) is 0 Å². The predicted octanol–water partition coefficient (Wildman–Crippen LogP) is 1.28. The van der Waals surface area contributed by atoms with Crippen molar-refractivity contribution in [1.29, 1.82) is 0 Å². The quantitative estimate of drug-likeness (QED) is 0.822. The molecule has 1 fully saturated rings. The van der Waals surface area contributed by atoms with E-state index in [1.165, 1.54) is 25.5 Å². The van der Waals surface area contributed by atoms with E-state index in [0.29, 0.717) is 17.4 Å². The minimum absolute atomic E-state index is 0.301. The SMILES string of the molecule is O=C(NCCN1CCCCC1)C(=O)Nc1ccc(Cl)cn1. The molecule has 0 aliphatic carbocycles. The second kappa shape index (κ2) is 7.95. The number of rotatable bonds is 4. The highest BCUT2D eigenvalue weighted by Crippen LogP contribution is 2.09. The number of hydrogen-bond acceptors (Lipinski definition) is 4. The summed E-state index contributed by atoms with van der Waals surface area (Å²) in [7, 11) is 0. The molecule has 0 atom stereocenters. The third-order valence-corrected chi connectivity index (χ3v) is 3.56. The zero-order valence-electron chi connectivity index (χ0n) is 11.8. The van der Waals surface area contributed by atoms with E-state index < -0.39 is 11.8 Å². The van der Waals surface area contributed by atoms with Gasteiger partial charge < -0.3 is 15.5 Å². The molecule has 6 nitrogen and oxygen atoms in total. The van der Waals surface area contributed by atoms with Crippen LogP contribution in [0.5, 0.6) is 0 Å². The van der Waals surface area contributed by atoms with E-state index in [4.69, 9.17) is 11.6 Å². The first-order valence-corrected chi connectivity index (χ1v) is 7.46. The third kappa shape index (κ3) is 5.32. The number of anilines is 1. The zero-order chi connectivity index (χ0) is 15.1. The van der Waals surface area contributed by atoms with Gasteiger partial charge in [0.25, 0.3) is 0 Å². The van der Waals surface area contributed by atoms with Crippen LogP contribution in [0.2, 0.25) is 5.02 Å². The van der Waals surface area contributed by atoms with Crippen LogP contribution < -0.4 is 10.6 Å². The Balaban J connectivity index is 1.69. The maximum absolute atomic E-state index is 11.7. The molecule has 2 N–H and O–H groups in total. The Kier molecular flexibility index (Phi) is 5.95. The lowest BCUT2D eigenvalue weighted by molar-refractivity contribution is -0.136. The van der Waals surface area contributed by atoms with E-state index in [1.54, 1.807) is 12.1 Å². The molecule has 0 radical (unpaired) electrons. The highest BCUT2D eigenvalue weighted by Gasteiger charge is 2.15. The molecule has 2 amide bonds. The van der Waals surface area contributed by atoms with E-state index in [-0.39, 0.29) is 0 Å². The number of hydrogen-bond donors (Lipinski definition) is 2. The molecular formula is C14H19ClN4O2. The Morgan fingerprint density at radius 3 is 2.62 bits per heavy atom. The minimum atomic E-state index is -0.719. The van der Waals surface area contributed by atoms with Crippen molar-refractivity contribution in [2.75, 3.05) is 31.5 Å². The Morgan fingerprint density at radius 2 is 1.95 bits per heavy atom. The molecule has 0 saturated carbocycles. The number of likely N-dealkylation sites (tertiary alicyclic amines) is 1. The van der Waals surface area contributed by atoms with E-state index in [2.05, 4.69) is 20.5 Å². The fourth-order valence-electron chi connectivity index (χ4n) is 2.21. The van der Waals surface area contributed by atoms with E-state index in [9.17, 15) is 9.59 Å². The van der Waals surface area contributed by atoms with E-state index >= 15 is 0 Å². The molecule has 0 unspecified atom stereocenters. The van der Waals surface area contributed by atoms with Crippen LogP contribution >= 0.6 is 11.6 Å². The first-order chi connectivity index (χ1) is 10.1. The van der Waals surface area contributed by atoms with Gasteiger partial charge in [-0.25, -0.2) is 4.98 Å². The minimum Gasteiger partial charge on any atom is -0.347 e. The fourth-order valence-corrected chi connectivity index (χ4v) is 2.33.